The summed E-state index contributed by atoms with van der Waals surface area (Å²) in [6.45, 7) is 0.917. The number of rotatable bonds is 3. The van der Waals surface area contributed by atoms with Crippen LogP contribution in [0.15, 0.2) is 30.3 Å². The summed E-state index contributed by atoms with van der Waals surface area (Å²) in [5, 5.41) is 3.12. The van der Waals surface area contributed by atoms with Crippen molar-refractivity contribution < 1.29 is 32.3 Å². The highest BCUT2D eigenvalue weighted by Crippen LogP contribution is 2.60. The van der Waals surface area contributed by atoms with E-state index in [-0.39, 0.29) is 32.5 Å². The Kier molecular flexibility index (Phi) is 4.38. The lowest BCUT2D eigenvalue weighted by Crippen LogP contribution is -2.66. The molecule has 1 spiro atoms. The van der Waals surface area contributed by atoms with E-state index in [0.717, 1.165) is 10.5 Å². The molecule has 3 heterocycles. The minimum Gasteiger partial charge on any atom is -0.446 e. The van der Waals surface area contributed by atoms with E-state index in [1.54, 1.807) is 0 Å². The molecule has 0 aromatic heterocycles. The third-order valence-electron chi connectivity index (χ3n) is 7.16. The van der Waals surface area contributed by atoms with Crippen molar-refractivity contribution in [1.29, 1.82) is 0 Å². The molecule has 166 valence electrons. The van der Waals surface area contributed by atoms with Crippen molar-refractivity contribution in [3.63, 3.8) is 0 Å². The molecule has 7 nitrogen and oxygen atoms in total. The van der Waals surface area contributed by atoms with Gasteiger partial charge in [0.05, 0.1) is 5.92 Å². The van der Waals surface area contributed by atoms with E-state index in [0.29, 0.717) is 13.1 Å². The van der Waals surface area contributed by atoms with Gasteiger partial charge in [0.25, 0.3) is 0 Å². The maximum Gasteiger partial charge on any atom is 0.417 e. The van der Waals surface area contributed by atoms with Crippen molar-refractivity contribution in [3.05, 3.63) is 35.9 Å². The molecule has 1 aromatic rings. The van der Waals surface area contributed by atoms with Crippen LogP contribution >= 0.6 is 0 Å². The van der Waals surface area contributed by atoms with E-state index < -0.39 is 46.9 Å². The first kappa shape index (κ1) is 20.3. The molecule has 4 aliphatic rings. The van der Waals surface area contributed by atoms with Gasteiger partial charge in [-0.3, -0.25) is 9.59 Å². The standard InChI is InChI=1S/C21H22F3N3O4/c22-21(23,24)20(6-7-20)17(29)26-11-19(12-26)10-25-8-14(19)16(28)27-15(9-31-18(27)30)13-4-2-1-3-5-13/h1-5,14-15,25H,6-12H2/t14-,15-/m0/s1. The first-order valence-electron chi connectivity index (χ1n) is 10.3. The molecule has 3 aliphatic heterocycles. The number of alkyl halides is 3. The molecule has 0 bridgehead atoms. The van der Waals surface area contributed by atoms with Crippen LogP contribution in [-0.2, 0) is 14.3 Å². The number of carbonyl (C=O) groups is 3. The maximum absolute atomic E-state index is 13.4. The Morgan fingerprint density at radius 2 is 1.81 bits per heavy atom. The van der Waals surface area contributed by atoms with Crippen LogP contribution in [0.1, 0.15) is 24.4 Å². The van der Waals surface area contributed by atoms with Crippen LogP contribution in [0, 0.1) is 16.7 Å². The summed E-state index contributed by atoms with van der Waals surface area (Å²) >= 11 is 0. The fourth-order valence-electron chi connectivity index (χ4n) is 5.14. The number of nitrogens with zero attached hydrogens (tertiary/aromatic N) is 2. The molecule has 3 saturated heterocycles. The molecule has 31 heavy (non-hydrogen) atoms. The average Bonchev–Trinajstić information content (AvgIpc) is 3.28. The lowest BCUT2D eigenvalue weighted by molar-refractivity contribution is -0.205. The Balaban J connectivity index is 1.33. The van der Waals surface area contributed by atoms with E-state index in [4.69, 9.17) is 4.74 Å². The van der Waals surface area contributed by atoms with Crippen LogP contribution in [-0.4, -0.2) is 66.7 Å². The third kappa shape index (κ3) is 2.95. The van der Waals surface area contributed by atoms with Crippen molar-refractivity contribution in [2.75, 3.05) is 32.8 Å². The van der Waals surface area contributed by atoms with E-state index in [2.05, 4.69) is 5.32 Å². The number of ether oxygens (including phenoxy) is 1. The Labute approximate surface area is 176 Å². The zero-order chi connectivity index (χ0) is 22.0. The van der Waals surface area contributed by atoms with E-state index in [9.17, 15) is 27.6 Å². The largest absolute Gasteiger partial charge is 0.446 e. The number of amides is 3. The van der Waals surface area contributed by atoms with Crippen molar-refractivity contribution >= 4 is 17.9 Å². The van der Waals surface area contributed by atoms with E-state index in [1.807, 2.05) is 30.3 Å². The molecule has 1 aliphatic carbocycles. The van der Waals surface area contributed by atoms with E-state index >= 15 is 0 Å². The first-order chi connectivity index (χ1) is 14.7. The summed E-state index contributed by atoms with van der Waals surface area (Å²) in [5.41, 5.74) is -2.15. The number of benzene rings is 1. The number of carbonyl (C=O) groups excluding carboxylic acids is 3. The summed E-state index contributed by atoms with van der Waals surface area (Å²) in [4.78, 5) is 40.6. The van der Waals surface area contributed by atoms with Gasteiger partial charge in [-0.25, -0.2) is 9.69 Å². The second-order valence-electron chi connectivity index (χ2n) is 9.00. The summed E-state index contributed by atoms with van der Waals surface area (Å²) in [6, 6.07) is 8.52. The number of hydrogen-bond acceptors (Lipinski definition) is 5. The SMILES string of the molecule is O=C1OC[C@@H](c2ccccc2)N1C(=O)[C@@H]1CNCC12CN(C(=O)C1(C(F)(F)F)CC1)C2. The van der Waals surface area contributed by atoms with Crippen LogP contribution < -0.4 is 5.32 Å². The summed E-state index contributed by atoms with van der Waals surface area (Å²) in [5.74, 6) is -1.92. The van der Waals surface area contributed by atoms with Gasteiger partial charge >= 0.3 is 12.3 Å². The van der Waals surface area contributed by atoms with Gasteiger partial charge in [0.2, 0.25) is 11.8 Å². The van der Waals surface area contributed by atoms with Crippen LogP contribution in [0.25, 0.3) is 0 Å². The zero-order valence-corrected chi connectivity index (χ0v) is 16.7. The molecule has 4 fully saturated rings. The molecule has 10 heteroatoms. The van der Waals surface area contributed by atoms with Crippen molar-refractivity contribution in [2.24, 2.45) is 16.7 Å². The maximum atomic E-state index is 13.4. The highest BCUT2D eigenvalue weighted by molar-refractivity contribution is 5.96. The quantitative estimate of drug-likeness (QED) is 0.784. The molecular formula is C21H22F3N3O4. The number of likely N-dealkylation sites (tertiary alicyclic amines) is 1. The number of halogens is 3. The van der Waals surface area contributed by atoms with Gasteiger partial charge in [0, 0.05) is 31.6 Å². The smallest absolute Gasteiger partial charge is 0.417 e. The Hall–Kier alpha value is -2.62. The number of nitrogens with one attached hydrogen (secondary N) is 1. The summed E-state index contributed by atoms with van der Waals surface area (Å²) in [6.07, 6.45) is -5.64. The summed E-state index contributed by atoms with van der Waals surface area (Å²) < 4.78 is 45.1. The Morgan fingerprint density at radius 3 is 2.42 bits per heavy atom. The Morgan fingerprint density at radius 1 is 1.13 bits per heavy atom. The molecule has 3 amide bonds. The van der Waals surface area contributed by atoms with Gasteiger partial charge in [-0.05, 0) is 18.4 Å². The minimum absolute atomic E-state index is 0.0560. The van der Waals surface area contributed by atoms with Crippen LogP contribution in [0.3, 0.4) is 0 Å². The predicted octanol–water partition coefficient (Wildman–Crippen LogP) is 2.10. The molecule has 5 rings (SSSR count). The molecule has 1 aromatic carbocycles. The molecule has 0 radical (unpaired) electrons. The van der Waals surface area contributed by atoms with Gasteiger partial charge in [0.1, 0.15) is 18.1 Å². The fraction of sp³-hybridized carbons (Fsp3) is 0.571. The lowest BCUT2D eigenvalue weighted by Gasteiger charge is -2.51. The second-order valence-corrected chi connectivity index (χ2v) is 9.00. The minimum atomic E-state index is -4.56. The number of cyclic esters (lactones) is 1. The monoisotopic (exact) mass is 437 g/mol. The van der Waals surface area contributed by atoms with Gasteiger partial charge in [0.15, 0.2) is 0 Å². The number of hydrogen-bond donors (Lipinski definition) is 1. The molecular weight excluding hydrogens is 415 g/mol. The average molecular weight is 437 g/mol. The van der Waals surface area contributed by atoms with Crippen molar-refractivity contribution in [1.82, 2.24) is 15.1 Å². The molecule has 0 unspecified atom stereocenters. The zero-order valence-electron chi connectivity index (χ0n) is 16.7. The van der Waals surface area contributed by atoms with Crippen LogP contribution in [0.2, 0.25) is 0 Å². The van der Waals surface area contributed by atoms with Crippen molar-refractivity contribution in [2.45, 2.75) is 25.1 Å². The highest BCUT2D eigenvalue weighted by atomic mass is 19.4. The van der Waals surface area contributed by atoms with Gasteiger partial charge in [-0.2, -0.15) is 13.2 Å². The van der Waals surface area contributed by atoms with Crippen molar-refractivity contribution in [3.8, 4) is 0 Å². The van der Waals surface area contributed by atoms with Crippen LogP contribution in [0.4, 0.5) is 18.0 Å². The summed E-state index contributed by atoms with van der Waals surface area (Å²) in [7, 11) is 0. The third-order valence-corrected chi connectivity index (χ3v) is 7.16. The van der Waals surface area contributed by atoms with Gasteiger partial charge in [-0.15, -0.1) is 0 Å². The molecule has 1 saturated carbocycles. The first-order valence-corrected chi connectivity index (χ1v) is 10.3. The highest BCUT2D eigenvalue weighted by Gasteiger charge is 2.71. The predicted molar refractivity (Wildman–Crippen MR) is 100 cm³/mol. The van der Waals surface area contributed by atoms with Crippen LogP contribution in [0.5, 0.6) is 0 Å². The lowest BCUT2D eigenvalue weighted by atomic mass is 9.70. The Bertz CT molecular complexity index is 926. The fourth-order valence-corrected chi connectivity index (χ4v) is 5.14. The molecule has 1 N–H and O–H groups in total. The normalized spacial score (nSPS) is 28.4. The second kappa shape index (κ2) is 6.69. The topological polar surface area (TPSA) is 79.0 Å². The molecule has 2 atom stereocenters. The number of imide groups is 1. The van der Waals surface area contributed by atoms with Gasteiger partial charge < -0.3 is 15.0 Å². The van der Waals surface area contributed by atoms with Gasteiger partial charge in [-0.1, -0.05) is 30.3 Å². The van der Waals surface area contributed by atoms with E-state index in [1.165, 1.54) is 4.90 Å².